The van der Waals surface area contributed by atoms with E-state index in [4.69, 9.17) is 0 Å². The topological polar surface area (TPSA) is 6.48 Å². The van der Waals surface area contributed by atoms with Crippen LogP contribution in [-0.4, -0.2) is 0 Å². The smallest absolute Gasteiger partial charge is 0.310 e. The van der Waals surface area contributed by atoms with E-state index >= 15 is 0 Å². The van der Waals surface area contributed by atoms with Gasteiger partial charge in [-0.3, -0.25) is 0 Å². The molecule has 0 aromatic heterocycles. The maximum absolute atomic E-state index is 14.9. The van der Waals surface area contributed by atoms with Gasteiger partial charge < -0.3 is 9.80 Å². The third kappa shape index (κ3) is 9.30. The van der Waals surface area contributed by atoms with Gasteiger partial charge in [-0.2, -0.15) is 26.3 Å². The summed E-state index contributed by atoms with van der Waals surface area (Å²) in [4.78, 5) is 4.55. The van der Waals surface area contributed by atoms with Crippen molar-refractivity contribution in [2.24, 2.45) is 0 Å². The van der Waals surface area contributed by atoms with Gasteiger partial charge in [-0.05, 0) is 190 Å². The number of hydrogen-bond acceptors (Lipinski definition) is 2. The first-order chi connectivity index (χ1) is 35.0. The Morgan fingerprint density at radius 3 is 1.06 bits per heavy atom. The zero-order valence-corrected chi connectivity index (χ0v) is 39.4. The van der Waals surface area contributed by atoms with E-state index in [1.165, 1.54) is 59.4 Å². The highest BCUT2D eigenvalue weighted by molar-refractivity contribution is 6.12. The lowest BCUT2D eigenvalue weighted by molar-refractivity contribution is -0.160. The maximum atomic E-state index is 14.9. The molecule has 0 heterocycles. The number of hydrogen-bond donors (Lipinski definition) is 0. The predicted octanol–water partition coefficient (Wildman–Crippen LogP) is 19.1. The Kier molecular flexibility index (Phi) is 12.5. The van der Waals surface area contributed by atoms with Crippen molar-refractivity contribution in [1.82, 2.24) is 0 Å². The second kappa shape index (κ2) is 19.4. The van der Waals surface area contributed by atoms with Gasteiger partial charge in [0.25, 0.3) is 0 Å². The number of fused-ring (bicyclic) bond motifs is 5. The number of benzene rings is 9. The van der Waals surface area contributed by atoms with Crippen LogP contribution < -0.4 is 9.80 Å². The average molecular weight is 961 g/mol. The second-order valence-electron chi connectivity index (χ2n) is 18.8. The number of alkyl halides is 6. The van der Waals surface area contributed by atoms with E-state index in [0.29, 0.717) is 11.1 Å². The summed E-state index contributed by atoms with van der Waals surface area (Å²) in [6, 6.07) is 58.0. The molecule has 0 bridgehead atoms. The molecule has 11 rings (SSSR count). The van der Waals surface area contributed by atoms with Crippen LogP contribution in [0.5, 0.6) is 0 Å². The van der Waals surface area contributed by atoms with E-state index in [9.17, 15) is 26.3 Å². The quantitative estimate of drug-likeness (QED) is 0.0766. The number of anilines is 6. The SMILES string of the molecule is FC(F)(F)c1c(C(F)(F)F)c2ccc(/C=C\c3ccc(N(c4ccccc4)c4cccc5c4CCCC5)cc3)cc2c2cc(/C=C\c3ccc(N(c4ccccc4)c4cccc5c4CCCC5)cc3)ccc12. The number of rotatable bonds is 10. The monoisotopic (exact) mass is 960 g/mol. The third-order valence-electron chi connectivity index (χ3n) is 14.2. The molecular formula is C64H50F6N2. The molecule has 0 aliphatic heterocycles. The van der Waals surface area contributed by atoms with Gasteiger partial charge >= 0.3 is 12.4 Å². The summed E-state index contributed by atoms with van der Waals surface area (Å²) in [5.74, 6) is 0. The van der Waals surface area contributed by atoms with Crippen molar-refractivity contribution in [3.8, 4) is 0 Å². The lowest BCUT2D eigenvalue weighted by Crippen LogP contribution is -2.18. The lowest BCUT2D eigenvalue weighted by Gasteiger charge is -2.30. The molecule has 0 amide bonds. The van der Waals surface area contributed by atoms with Gasteiger partial charge in [0.15, 0.2) is 0 Å². The molecule has 0 saturated heterocycles. The van der Waals surface area contributed by atoms with Crippen LogP contribution >= 0.6 is 0 Å². The third-order valence-corrected chi connectivity index (χ3v) is 14.2. The van der Waals surface area contributed by atoms with E-state index in [0.717, 1.165) is 83.8 Å². The number of para-hydroxylation sites is 2. The summed E-state index contributed by atoms with van der Waals surface area (Å²) in [5.41, 5.74) is 11.2. The Morgan fingerprint density at radius 1 is 0.319 bits per heavy atom. The Hall–Kier alpha value is -7.84. The maximum Gasteiger partial charge on any atom is 0.417 e. The van der Waals surface area contributed by atoms with Crippen LogP contribution in [0.25, 0.3) is 45.8 Å². The summed E-state index contributed by atoms with van der Waals surface area (Å²) in [5, 5.41) is -0.855. The fourth-order valence-electron chi connectivity index (χ4n) is 10.9. The van der Waals surface area contributed by atoms with Crippen LogP contribution in [0.15, 0.2) is 182 Å². The highest BCUT2D eigenvalue weighted by atomic mass is 19.4. The normalized spacial score (nSPS) is 14.0. The molecule has 0 N–H and O–H groups in total. The fraction of sp³-hybridized carbons (Fsp3) is 0.156. The van der Waals surface area contributed by atoms with Crippen molar-refractivity contribution >= 4 is 80.0 Å². The van der Waals surface area contributed by atoms with Crippen LogP contribution in [0.2, 0.25) is 0 Å². The molecule has 8 heteroatoms. The Morgan fingerprint density at radius 2 is 0.667 bits per heavy atom. The average Bonchev–Trinajstić information content (AvgIpc) is 3.40. The highest BCUT2D eigenvalue weighted by Gasteiger charge is 2.46. The minimum absolute atomic E-state index is 0.0798. The summed E-state index contributed by atoms with van der Waals surface area (Å²) in [6.07, 6.45) is 5.52. The van der Waals surface area contributed by atoms with Crippen molar-refractivity contribution in [1.29, 1.82) is 0 Å². The van der Waals surface area contributed by atoms with E-state index in [-0.39, 0.29) is 10.8 Å². The molecule has 0 unspecified atom stereocenters. The van der Waals surface area contributed by atoms with Gasteiger partial charge in [0.2, 0.25) is 0 Å². The van der Waals surface area contributed by atoms with Crippen LogP contribution in [0.3, 0.4) is 0 Å². The van der Waals surface area contributed by atoms with E-state index in [1.54, 1.807) is 24.3 Å². The van der Waals surface area contributed by atoms with Crippen molar-refractivity contribution in [3.63, 3.8) is 0 Å². The Bertz CT molecular complexity index is 3250. The molecule has 0 spiro atoms. The van der Waals surface area contributed by atoms with Crippen LogP contribution in [-0.2, 0) is 38.0 Å². The van der Waals surface area contributed by atoms with Crippen molar-refractivity contribution in [2.75, 3.05) is 9.80 Å². The molecule has 0 radical (unpaired) electrons. The van der Waals surface area contributed by atoms with Crippen molar-refractivity contribution in [2.45, 2.75) is 63.7 Å². The van der Waals surface area contributed by atoms with E-state index in [1.807, 2.05) is 72.8 Å². The largest absolute Gasteiger partial charge is 0.417 e. The molecule has 358 valence electrons. The molecule has 9 aromatic rings. The van der Waals surface area contributed by atoms with Crippen LogP contribution in [0.4, 0.5) is 60.5 Å². The predicted molar refractivity (Wildman–Crippen MR) is 285 cm³/mol. The lowest BCUT2D eigenvalue weighted by atomic mass is 9.89. The van der Waals surface area contributed by atoms with Gasteiger partial charge in [0.1, 0.15) is 0 Å². The molecule has 0 fully saturated rings. The molecular weight excluding hydrogens is 911 g/mol. The van der Waals surface area contributed by atoms with Gasteiger partial charge in [-0.15, -0.1) is 0 Å². The van der Waals surface area contributed by atoms with Crippen molar-refractivity contribution in [3.05, 3.63) is 238 Å². The molecule has 0 atom stereocenters. The molecule has 2 aliphatic carbocycles. The van der Waals surface area contributed by atoms with Crippen LogP contribution in [0, 0.1) is 0 Å². The van der Waals surface area contributed by atoms with Crippen molar-refractivity contribution < 1.29 is 26.3 Å². The molecule has 2 aliphatic rings. The Labute approximate surface area is 415 Å². The first-order valence-corrected chi connectivity index (χ1v) is 24.6. The summed E-state index contributed by atoms with van der Waals surface area (Å²) < 4.78 is 89.4. The first-order valence-electron chi connectivity index (χ1n) is 24.6. The van der Waals surface area contributed by atoms with E-state index < -0.39 is 34.3 Å². The number of aryl methyl sites for hydroxylation is 2. The van der Waals surface area contributed by atoms with E-state index in [2.05, 4.69) is 94.7 Å². The van der Waals surface area contributed by atoms with Gasteiger partial charge in [0, 0.05) is 34.1 Å². The van der Waals surface area contributed by atoms with Gasteiger partial charge in [0.05, 0.1) is 11.1 Å². The molecule has 2 nitrogen and oxygen atoms in total. The fourth-order valence-corrected chi connectivity index (χ4v) is 10.9. The standard InChI is InChI=1S/C64H50F6N2/c65-63(66,67)61-55-39-33-45(27-25-43-29-35-51(36-30-43)71(49-17-3-1-4-18-49)59-23-11-15-47-13-7-9-21-53(47)59)41-57(55)58-42-46(34-40-56(58)62(61)64(68,69)70)28-26-44-31-37-52(38-32-44)72(50-19-5-2-6-20-50)60-24-12-16-48-14-8-10-22-54(48)60/h1-6,11-12,15-20,23-42H,7-10,13-14,21-22H2/b27-25-,28-26-. The summed E-state index contributed by atoms with van der Waals surface area (Å²) >= 11 is 0. The van der Waals surface area contributed by atoms with Gasteiger partial charge in [-0.25, -0.2) is 0 Å². The molecule has 72 heavy (non-hydrogen) atoms. The van der Waals surface area contributed by atoms with Gasteiger partial charge in [-0.1, -0.05) is 133 Å². The van der Waals surface area contributed by atoms with Crippen LogP contribution in [0.1, 0.15) is 81.3 Å². The minimum atomic E-state index is -5.27. The number of nitrogens with zero attached hydrogens (tertiary/aromatic N) is 2. The highest BCUT2D eigenvalue weighted by Crippen LogP contribution is 2.49. The number of halogens is 6. The molecule has 9 aromatic carbocycles. The first kappa shape index (κ1) is 46.5. The zero-order chi connectivity index (χ0) is 49.4. The second-order valence-corrected chi connectivity index (χ2v) is 18.8. The Balaban J connectivity index is 0.930. The zero-order valence-electron chi connectivity index (χ0n) is 39.4. The molecule has 0 saturated carbocycles. The summed E-state index contributed by atoms with van der Waals surface area (Å²) in [7, 11) is 0. The minimum Gasteiger partial charge on any atom is -0.310 e. The summed E-state index contributed by atoms with van der Waals surface area (Å²) in [6.45, 7) is 0.